The van der Waals surface area contributed by atoms with Crippen LogP contribution in [0.2, 0.25) is 0 Å². The number of nitrogens with one attached hydrogen (secondary N) is 2. The molecule has 1 saturated heterocycles. The van der Waals surface area contributed by atoms with Crippen molar-refractivity contribution in [3.63, 3.8) is 0 Å². The molecule has 3 heterocycles. The third-order valence-electron chi connectivity index (χ3n) is 8.95. The smallest absolute Gasteiger partial charge is 0.260 e. The van der Waals surface area contributed by atoms with E-state index in [2.05, 4.69) is 39.9 Å². The lowest BCUT2D eigenvalue weighted by Crippen LogP contribution is -2.30. The summed E-state index contributed by atoms with van der Waals surface area (Å²) >= 11 is 0. The fourth-order valence-corrected chi connectivity index (χ4v) is 7.63. The summed E-state index contributed by atoms with van der Waals surface area (Å²) in [5.74, 6) is 1.56. The first kappa shape index (κ1) is 29.4. The summed E-state index contributed by atoms with van der Waals surface area (Å²) in [6.07, 6.45) is 7.50. The number of fused-ring (bicyclic) bond motifs is 1. The Morgan fingerprint density at radius 1 is 0.911 bits per heavy atom. The van der Waals surface area contributed by atoms with E-state index in [1.54, 1.807) is 59.3 Å². The minimum Gasteiger partial charge on any atom is -0.324 e. The van der Waals surface area contributed by atoms with Gasteiger partial charge in [0, 0.05) is 29.4 Å². The number of benzene rings is 3. The fraction of sp³-hybridized carbons (Fsp3) is 0.306. The van der Waals surface area contributed by atoms with E-state index < -0.39 is 9.84 Å². The molecule has 0 spiro atoms. The molecule has 5 aromatic rings. The van der Waals surface area contributed by atoms with Crippen molar-refractivity contribution in [3.8, 4) is 11.1 Å². The van der Waals surface area contributed by atoms with Crippen molar-refractivity contribution in [2.24, 2.45) is 11.8 Å². The first-order valence-electron chi connectivity index (χ1n) is 15.7. The lowest BCUT2D eigenvalue weighted by atomic mass is 9.92. The van der Waals surface area contributed by atoms with Crippen LogP contribution in [0.5, 0.6) is 0 Å². The molecule has 1 unspecified atom stereocenters. The topological polar surface area (TPSA) is 106 Å². The molecule has 9 heteroatoms. The molecule has 230 valence electrons. The van der Waals surface area contributed by atoms with Gasteiger partial charge in [-0.3, -0.25) is 9.36 Å². The largest absolute Gasteiger partial charge is 0.324 e. The molecule has 1 atom stereocenters. The van der Waals surface area contributed by atoms with E-state index >= 15 is 0 Å². The summed E-state index contributed by atoms with van der Waals surface area (Å²) in [5, 5.41) is 7.57. The third-order valence-corrected chi connectivity index (χ3v) is 10.7. The maximum absolute atomic E-state index is 14.0. The van der Waals surface area contributed by atoms with Gasteiger partial charge in [0.15, 0.2) is 0 Å². The molecule has 3 aromatic carbocycles. The highest BCUT2D eigenvalue weighted by molar-refractivity contribution is 7.91. The highest BCUT2D eigenvalue weighted by Crippen LogP contribution is 2.33. The van der Waals surface area contributed by atoms with E-state index in [-0.39, 0.29) is 15.4 Å². The summed E-state index contributed by atoms with van der Waals surface area (Å²) in [5.41, 5.74) is 4.60. The van der Waals surface area contributed by atoms with Crippen molar-refractivity contribution in [2.75, 3.05) is 18.4 Å². The maximum atomic E-state index is 14.0. The molecule has 2 fully saturated rings. The van der Waals surface area contributed by atoms with Crippen LogP contribution in [0.3, 0.4) is 0 Å². The van der Waals surface area contributed by atoms with Gasteiger partial charge in [-0.15, -0.1) is 0 Å². The summed E-state index contributed by atoms with van der Waals surface area (Å²) in [6.45, 7) is 4.63. The molecular formula is C36H37N5O3S. The van der Waals surface area contributed by atoms with Crippen LogP contribution in [0.4, 0.5) is 11.6 Å². The Kier molecular flexibility index (Phi) is 7.97. The van der Waals surface area contributed by atoms with Gasteiger partial charge in [0.25, 0.3) is 5.56 Å². The van der Waals surface area contributed by atoms with Gasteiger partial charge in [-0.1, -0.05) is 36.4 Å². The number of nitrogens with zero attached hydrogens (tertiary/aromatic N) is 3. The Hall–Kier alpha value is -4.34. The average Bonchev–Trinajstić information content (AvgIpc) is 3.89. The number of aryl methyl sites for hydroxylation is 1. The molecule has 2 N–H and O–H groups in total. The van der Waals surface area contributed by atoms with E-state index in [0.717, 1.165) is 43.4 Å². The Morgan fingerprint density at radius 2 is 1.71 bits per heavy atom. The van der Waals surface area contributed by atoms with Gasteiger partial charge in [-0.25, -0.2) is 13.4 Å². The number of piperidine rings is 1. The molecule has 0 radical (unpaired) electrons. The number of hydrogen-bond acceptors (Lipinski definition) is 7. The van der Waals surface area contributed by atoms with Crippen molar-refractivity contribution in [3.05, 3.63) is 107 Å². The van der Waals surface area contributed by atoms with E-state index in [1.807, 2.05) is 13.0 Å². The van der Waals surface area contributed by atoms with E-state index in [0.29, 0.717) is 46.7 Å². The second kappa shape index (κ2) is 12.2. The zero-order valence-corrected chi connectivity index (χ0v) is 26.2. The Bertz CT molecular complexity index is 2010. The first-order chi connectivity index (χ1) is 21.8. The average molecular weight is 620 g/mol. The van der Waals surface area contributed by atoms with E-state index in [9.17, 15) is 13.2 Å². The quantitative estimate of drug-likeness (QED) is 0.200. The summed E-state index contributed by atoms with van der Waals surface area (Å²) in [4.78, 5) is 23.9. The Morgan fingerprint density at radius 3 is 2.42 bits per heavy atom. The monoisotopic (exact) mass is 619 g/mol. The molecule has 2 aliphatic rings. The highest BCUT2D eigenvalue weighted by atomic mass is 32.2. The first-order valence-corrected chi connectivity index (χ1v) is 17.2. The molecule has 45 heavy (non-hydrogen) atoms. The second-order valence-electron chi connectivity index (χ2n) is 12.4. The van der Waals surface area contributed by atoms with Crippen LogP contribution >= 0.6 is 0 Å². The fourth-order valence-electron chi connectivity index (χ4n) is 6.27. The van der Waals surface area contributed by atoms with Crippen molar-refractivity contribution < 1.29 is 8.42 Å². The molecule has 1 aliphatic carbocycles. The predicted octanol–water partition coefficient (Wildman–Crippen LogP) is 6.30. The molecule has 1 saturated carbocycles. The second-order valence-corrected chi connectivity index (χ2v) is 14.4. The zero-order chi connectivity index (χ0) is 31.0. The van der Waals surface area contributed by atoms with Gasteiger partial charge >= 0.3 is 0 Å². The predicted molar refractivity (Wildman–Crippen MR) is 178 cm³/mol. The number of sulfone groups is 1. The van der Waals surface area contributed by atoms with Crippen LogP contribution in [0, 0.1) is 18.8 Å². The normalized spacial score (nSPS) is 17.0. The minimum absolute atomic E-state index is 0.137. The standard InChI is InChI=1S/C36H37N5O3S/c1-24-18-31(45(43,44)30-7-3-2-4-8-30)15-16-32(24)33-20-28-22-38-36(40-34(28)41(35(33)42)23-26-9-10-26)39-29-13-11-25(12-14-29)19-27-6-5-17-37-21-27/h2-4,7-8,11-16,18,20,22,26-27,37H,5-6,9-10,17,19,21,23H2,1H3,(H,38,39,40). The lowest BCUT2D eigenvalue weighted by Gasteiger charge is -2.22. The highest BCUT2D eigenvalue weighted by Gasteiger charge is 2.25. The van der Waals surface area contributed by atoms with Crippen LogP contribution in [0.25, 0.3) is 22.2 Å². The molecule has 1 aliphatic heterocycles. The van der Waals surface area contributed by atoms with Crippen molar-refractivity contribution in [1.29, 1.82) is 0 Å². The van der Waals surface area contributed by atoms with E-state index in [4.69, 9.17) is 4.98 Å². The minimum atomic E-state index is -3.67. The Balaban J connectivity index is 1.19. The number of hydrogen-bond donors (Lipinski definition) is 2. The number of pyridine rings is 1. The van der Waals surface area contributed by atoms with Crippen molar-refractivity contribution >= 4 is 32.5 Å². The maximum Gasteiger partial charge on any atom is 0.260 e. The number of rotatable bonds is 9. The van der Waals surface area contributed by atoms with Gasteiger partial charge < -0.3 is 10.6 Å². The van der Waals surface area contributed by atoms with Crippen LogP contribution in [-0.4, -0.2) is 36.0 Å². The van der Waals surface area contributed by atoms with Gasteiger partial charge in [0.1, 0.15) is 5.65 Å². The Labute approximate surface area is 263 Å². The molecular weight excluding hydrogens is 582 g/mol. The van der Waals surface area contributed by atoms with Crippen LogP contribution in [0.15, 0.2) is 99.6 Å². The SMILES string of the molecule is Cc1cc(S(=O)(=O)c2ccccc2)ccc1-c1cc2cnc(Nc3ccc(CC4CCCNC4)cc3)nc2n(CC2CC2)c1=O. The van der Waals surface area contributed by atoms with Crippen LogP contribution in [-0.2, 0) is 22.8 Å². The molecule has 7 rings (SSSR count). The molecule has 2 aromatic heterocycles. The summed E-state index contributed by atoms with van der Waals surface area (Å²) < 4.78 is 28.2. The third kappa shape index (κ3) is 6.28. The van der Waals surface area contributed by atoms with Gasteiger partial charge in [-0.05, 0) is 123 Å². The summed E-state index contributed by atoms with van der Waals surface area (Å²) in [7, 11) is -3.67. The van der Waals surface area contributed by atoms with Crippen LogP contribution in [0.1, 0.15) is 36.8 Å². The van der Waals surface area contributed by atoms with Crippen molar-refractivity contribution in [1.82, 2.24) is 19.9 Å². The molecule has 0 amide bonds. The van der Waals surface area contributed by atoms with Gasteiger partial charge in [-0.2, -0.15) is 4.98 Å². The lowest BCUT2D eigenvalue weighted by molar-refractivity contribution is 0.376. The molecule has 8 nitrogen and oxygen atoms in total. The van der Waals surface area contributed by atoms with Gasteiger partial charge in [0.2, 0.25) is 15.8 Å². The van der Waals surface area contributed by atoms with E-state index in [1.165, 1.54) is 18.4 Å². The van der Waals surface area contributed by atoms with Gasteiger partial charge in [0.05, 0.1) is 9.79 Å². The van der Waals surface area contributed by atoms with Crippen molar-refractivity contribution in [2.45, 2.75) is 55.4 Å². The zero-order valence-electron chi connectivity index (χ0n) is 25.4. The van der Waals surface area contributed by atoms with Crippen LogP contribution < -0.4 is 16.2 Å². The molecule has 0 bridgehead atoms. The summed E-state index contributed by atoms with van der Waals surface area (Å²) in [6, 6.07) is 23.6. The number of anilines is 2. The number of aromatic nitrogens is 3.